The fraction of sp³-hybridized carbons (Fsp3) is 0.250. The van der Waals surface area contributed by atoms with Crippen LogP contribution >= 0.6 is 0 Å². The molecule has 0 bridgehead atoms. The summed E-state index contributed by atoms with van der Waals surface area (Å²) in [5, 5.41) is 2.74. The summed E-state index contributed by atoms with van der Waals surface area (Å²) < 4.78 is 5.59. The smallest absolute Gasteiger partial charge is 0.266 e. The highest BCUT2D eigenvalue weighted by molar-refractivity contribution is 5.93. The Labute approximate surface area is 118 Å². The van der Waals surface area contributed by atoms with Gasteiger partial charge in [0.15, 0.2) is 6.10 Å². The summed E-state index contributed by atoms with van der Waals surface area (Å²) in [6.45, 7) is 5.66. The van der Waals surface area contributed by atoms with Gasteiger partial charge < -0.3 is 10.1 Å². The highest BCUT2D eigenvalue weighted by Gasteiger charge is 2.15. The molecule has 4 nitrogen and oxygen atoms in total. The first-order valence-corrected chi connectivity index (χ1v) is 6.51. The third kappa shape index (κ3) is 3.82. The van der Waals surface area contributed by atoms with E-state index < -0.39 is 6.10 Å². The number of nitrogens with zero attached hydrogens (tertiary/aromatic N) is 1. The van der Waals surface area contributed by atoms with Crippen molar-refractivity contribution in [2.75, 3.05) is 5.32 Å². The Morgan fingerprint density at radius 2 is 1.85 bits per heavy atom. The van der Waals surface area contributed by atoms with E-state index in [1.165, 1.54) is 0 Å². The van der Waals surface area contributed by atoms with Crippen molar-refractivity contribution in [2.45, 2.75) is 26.9 Å². The van der Waals surface area contributed by atoms with Crippen LogP contribution in [0.1, 0.15) is 18.1 Å². The maximum absolute atomic E-state index is 12.0. The van der Waals surface area contributed by atoms with Crippen molar-refractivity contribution in [1.29, 1.82) is 0 Å². The fourth-order valence-corrected chi connectivity index (χ4v) is 1.71. The zero-order valence-electron chi connectivity index (χ0n) is 11.9. The Kier molecular flexibility index (Phi) is 4.35. The lowest BCUT2D eigenvalue weighted by Crippen LogP contribution is -2.30. The maximum atomic E-state index is 12.0. The first-order chi connectivity index (χ1) is 9.54. The second-order valence-corrected chi connectivity index (χ2v) is 4.78. The van der Waals surface area contributed by atoms with Crippen molar-refractivity contribution < 1.29 is 9.53 Å². The van der Waals surface area contributed by atoms with E-state index in [9.17, 15) is 4.79 Å². The molecule has 1 aromatic heterocycles. The SMILES string of the molecule is Cc1ccc(OC(C)C(=O)Nc2cc(C)ccn2)cc1. The van der Waals surface area contributed by atoms with Gasteiger partial charge in [0, 0.05) is 6.20 Å². The number of anilines is 1. The quantitative estimate of drug-likeness (QED) is 0.928. The number of carbonyl (C=O) groups excluding carboxylic acids is 1. The van der Waals surface area contributed by atoms with Gasteiger partial charge in [-0.2, -0.15) is 0 Å². The van der Waals surface area contributed by atoms with Gasteiger partial charge in [0.1, 0.15) is 11.6 Å². The molecular weight excluding hydrogens is 252 g/mol. The molecule has 4 heteroatoms. The monoisotopic (exact) mass is 270 g/mol. The Bertz CT molecular complexity index is 594. The maximum Gasteiger partial charge on any atom is 0.266 e. The van der Waals surface area contributed by atoms with E-state index in [-0.39, 0.29) is 5.91 Å². The van der Waals surface area contributed by atoms with Gasteiger partial charge in [-0.1, -0.05) is 17.7 Å². The van der Waals surface area contributed by atoms with Crippen LogP contribution in [0.2, 0.25) is 0 Å². The first-order valence-electron chi connectivity index (χ1n) is 6.51. The molecule has 1 atom stereocenters. The van der Waals surface area contributed by atoms with Crippen LogP contribution in [0.15, 0.2) is 42.6 Å². The van der Waals surface area contributed by atoms with E-state index in [0.717, 1.165) is 11.1 Å². The van der Waals surface area contributed by atoms with Gasteiger partial charge in [-0.05, 0) is 50.6 Å². The fourth-order valence-electron chi connectivity index (χ4n) is 1.71. The number of ether oxygens (including phenoxy) is 1. The van der Waals surface area contributed by atoms with E-state index >= 15 is 0 Å². The predicted molar refractivity (Wildman–Crippen MR) is 78.9 cm³/mol. The van der Waals surface area contributed by atoms with Gasteiger partial charge in [0.2, 0.25) is 0 Å². The van der Waals surface area contributed by atoms with E-state index in [2.05, 4.69) is 10.3 Å². The highest BCUT2D eigenvalue weighted by Crippen LogP contribution is 2.14. The van der Waals surface area contributed by atoms with Crippen LogP contribution in [0.3, 0.4) is 0 Å². The molecule has 0 fully saturated rings. The molecule has 0 saturated heterocycles. The third-order valence-electron chi connectivity index (χ3n) is 2.87. The number of benzene rings is 1. The zero-order valence-corrected chi connectivity index (χ0v) is 11.9. The third-order valence-corrected chi connectivity index (χ3v) is 2.87. The number of aromatic nitrogens is 1. The molecule has 0 saturated carbocycles. The summed E-state index contributed by atoms with van der Waals surface area (Å²) >= 11 is 0. The van der Waals surface area contributed by atoms with Gasteiger partial charge in [-0.3, -0.25) is 4.79 Å². The minimum Gasteiger partial charge on any atom is -0.481 e. The van der Waals surface area contributed by atoms with Gasteiger partial charge in [0.25, 0.3) is 5.91 Å². The van der Waals surface area contributed by atoms with Crippen LogP contribution in [-0.2, 0) is 4.79 Å². The molecular formula is C16H18N2O2. The van der Waals surface area contributed by atoms with Crippen LogP contribution in [0.25, 0.3) is 0 Å². The average Bonchev–Trinajstić information content (AvgIpc) is 2.41. The Morgan fingerprint density at radius 3 is 2.50 bits per heavy atom. The number of rotatable bonds is 4. The van der Waals surface area contributed by atoms with Crippen molar-refractivity contribution in [3.8, 4) is 5.75 Å². The van der Waals surface area contributed by atoms with Crippen LogP contribution < -0.4 is 10.1 Å². The second-order valence-electron chi connectivity index (χ2n) is 4.78. The van der Waals surface area contributed by atoms with Crippen molar-refractivity contribution >= 4 is 11.7 Å². The normalized spacial score (nSPS) is 11.8. The summed E-state index contributed by atoms with van der Waals surface area (Å²) in [4.78, 5) is 16.1. The van der Waals surface area contributed by atoms with E-state index in [1.807, 2.05) is 50.2 Å². The molecule has 0 aliphatic rings. The van der Waals surface area contributed by atoms with Crippen molar-refractivity contribution in [3.05, 3.63) is 53.7 Å². The van der Waals surface area contributed by atoms with Crippen LogP contribution in [0.5, 0.6) is 5.75 Å². The molecule has 2 rings (SSSR count). The lowest BCUT2D eigenvalue weighted by Gasteiger charge is -2.14. The molecule has 0 radical (unpaired) electrons. The van der Waals surface area contributed by atoms with Crippen molar-refractivity contribution in [2.24, 2.45) is 0 Å². The minimum absolute atomic E-state index is 0.219. The van der Waals surface area contributed by atoms with Crippen molar-refractivity contribution in [3.63, 3.8) is 0 Å². The van der Waals surface area contributed by atoms with Gasteiger partial charge >= 0.3 is 0 Å². The Morgan fingerprint density at radius 1 is 1.15 bits per heavy atom. The summed E-state index contributed by atoms with van der Waals surface area (Å²) in [5.74, 6) is 0.994. The molecule has 20 heavy (non-hydrogen) atoms. The molecule has 1 heterocycles. The highest BCUT2D eigenvalue weighted by atomic mass is 16.5. The minimum atomic E-state index is -0.583. The predicted octanol–water partition coefficient (Wildman–Crippen LogP) is 3.10. The van der Waals surface area contributed by atoms with Crippen molar-refractivity contribution in [1.82, 2.24) is 4.98 Å². The van der Waals surface area contributed by atoms with Crippen LogP contribution in [-0.4, -0.2) is 17.0 Å². The molecule has 2 aromatic rings. The number of nitrogens with one attached hydrogen (secondary N) is 1. The zero-order chi connectivity index (χ0) is 14.5. The molecule has 0 spiro atoms. The average molecular weight is 270 g/mol. The number of hydrogen-bond acceptors (Lipinski definition) is 3. The topological polar surface area (TPSA) is 51.2 Å². The molecule has 104 valence electrons. The number of pyridine rings is 1. The van der Waals surface area contributed by atoms with E-state index in [0.29, 0.717) is 11.6 Å². The Hall–Kier alpha value is -2.36. The molecule has 1 amide bonds. The summed E-state index contributed by atoms with van der Waals surface area (Å²) in [7, 11) is 0. The van der Waals surface area contributed by atoms with Gasteiger partial charge in [-0.15, -0.1) is 0 Å². The largest absolute Gasteiger partial charge is 0.481 e. The summed E-state index contributed by atoms with van der Waals surface area (Å²) in [6.07, 6.45) is 1.08. The summed E-state index contributed by atoms with van der Waals surface area (Å²) in [6, 6.07) is 11.3. The lowest BCUT2D eigenvalue weighted by molar-refractivity contribution is -0.122. The molecule has 1 N–H and O–H groups in total. The standard InChI is InChI=1S/C16H18N2O2/c1-11-4-6-14(7-5-11)20-13(3)16(19)18-15-10-12(2)8-9-17-15/h4-10,13H,1-3H3,(H,17,18,19). The van der Waals surface area contributed by atoms with Gasteiger partial charge in [0.05, 0.1) is 0 Å². The van der Waals surface area contributed by atoms with Crippen LogP contribution in [0, 0.1) is 13.8 Å². The molecule has 1 aromatic carbocycles. The number of carbonyl (C=O) groups is 1. The Balaban J connectivity index is 1.96. The number of amides is 1. The number of aryl methyl sites for hydroxylation is 2. The second kappa shape index (κ2) is 6.19. The summed E-state index contributed by atoms with van der Waals surface area (Å²) in [5.41, 5.74) is 2.20. The van der Waals surface area contributed by atoms with E-state index in [1.54, 1.807) is 13.1 Å². The van der Waals surface area contributed by atoms with Gasteiger partial charge in [-0.25, -0.2) is 4.98 Å². The first kappa shape index (κ1) is 14.1. The number of hydrogen-bond donors (Lipinski definition) is 1. The van der Waals surface area contributed by atoms with Crippen LogP contribution in [0.4, 0.5) is 5.82 Å². The van der Waals surface area contributed by atoms with E-state index in [4.69, 9.17) is 4.74 Å². The molecule has 0 aliphatic carbocycles. The molecule has 1 unspecified atom stereocenters. The molecule has 0 aliphatic heterocycles. The lowest BCUT2D eigenvalue weighted by atomic mass is 10.2.